The molecule has 112 valence electrons. The fourth-order valence-corrected chi connectivity index (χ4v) is 2.76. The second-order valence-electron chi connectivity index (χ2n) is 5.17. The summed E-state index contributed by atoms with van der Waals surface area (Å²) in [5, 5.41) is 7.52. The highest BCUT2D eigenvalue weighted by molar-refractivity contribution is 5.69. The lowest BCUT2D eigenvalue weighted by Crippen LogP contribution is -2.12. The van der Waals surface area contributed by atoms with Crippen molar-refractivity contribution in [3.8, 4) is 11.5 Å². The van der Waals surface area contributed by atoms with Crippen LogP contribution in [0.15, 0.2) is 22.7 Å². The van der Waals surface area contributed by atoms with Gasteiger partial charge in [0.1, 0.15) is 6.10 Å². The normalized spacial score (nSPS) is 15.3. The highest BCUT2D eigenvalue weighted by atomic mass is 16.5. The molecule has 1 atom stereocenters. The van der Waals surface area contributed by atoms with Crippen molar-refractivity contribution >= 4 is 5.69 Å². The number of hydrogen-bond acceptors (Lipinski definition) is 5. The van der Waals surface area contributed by atoms with Crippen LogP contribution < -0.4 is 5.32 Å². The van der Waals surface area contributed by atoms with E-state index in [1.807, 2.05) is 19.1 Å². The molecule has 1 aromatic carbocycles. The molecule has 0 saturated heterocycles. The van der Waals surface area contributed by atoms with E-state index in [2.05, 4.69) is 28.4 Å². The standard InChI is InChI=1S/C16H21N3O2/c1-3-14(20-4-2)15-18-16(21-19-15)12-7-5-9-13-11(12)8-6-10-17-13/h5,7,9,14,17H,3-4,6,8,10H2,1-2H3. The molecular weight excluding hydrogens is 266 g/mol. The Hall–Kier alpha value is -1.88. The summed E-state index contributed by atoms with van der Waals surface area (Å²) in [6, 6.07) is 6.17. The number of benzene rings is 1. The molecule has 21 heavy (non-hydrogen) atoms. The number of nitrogens with one attached hydrogen (secondary N) is 1. The average molecular weight is 287 g/mol. The molecule has 1 aliphatic rings. The molecule has 5 nitrogen and oxygen atoms in total. The Morgan fingerprint density at radius 2 is 2.29 bits per heavy atom. The molecule has 1 unspecified atom stereocenters. The largest absolute Gasteiger partial charge is 0.385 e. The van der Waals surface area contributed by atoms with Gasteiger partial charge in [0.15, 0.2) is 0 Å². The van der Waals surface area contributed by atoms with Crippen LogP contribution >= 0.6 is 0 Å². The molecule has 1 aliphatic heterocycles. The Labute approximate surface area is 124 Å². The van der Waals surface area contributed by atoms with Crippen LogP contribution in [0.4, 0.5) is 5.69 Å². The summed E-state index contributed by atoms with van der Waals surface area (Å²) in [6.07, 6.45) is 2.91. The third kappa shape index (κ3) is 2.78. The van der Waals surface area contributed by atoms with E-state index in [4.69, 9.17) is 9.26 Å². The van der Waals surface area contributed by atoms with Gasteiger partial charge in [0.25, 0.3) is 5.89 Å². The lowest BCUT2D eigenvalue weighted by Gasteiger charge is -2.19. The molecule has 0 fully saturated rings. The van der Waals surface area contributed by atoms with Crippen LogP contribution in [0.3, 0.4) is 0 Å². The van der Waals surface area contributed by atoms with Gasteiger partial charge in [-0.05, 0) is 43.9 Å². The first-order valence-electron chi connectivity index (χ1n) is 7.64. The molecule has 5 heteroatoms. The quantitative estimate of drug-likeness (QED) is 0.910. The number of fused-ring (bicyclic) bond motifs is 1. The summed E-state index contributed by atoms with van der Waals surface area (Å²) in [5.41, 5.74) is 3.48. The van der Waals surface area contributed by atoms with Gasteiger partial charge in [0.05, 0.1) is 0 Å². The first-order chi connectivity index (χ1) is 10.3. The van der Waals surface area contributed by atoms with Gasteiger partial charge in [-0.1, -0.05) is 18.1 Å². The van der Waals surface area contributed by atoms with Crippen molar-refractivity contribution in [3.63, 3.8) is 0 Å². The zero-order chi connectivity index (χ0) is 14.7. The lowest BCUT2D eigenvalue weighted by molar-refractivity contribution is 0.0518. The van der Waals surface area contributed by atoms with Crippen LogP contribution in [0.1, 0.15) is 44.2 Å². The molecule has 0 spiro atoms. The Morgan fingerprint density at radius 3 is 3.10 bits per heavy atom. The monoisotopic (exact) mass is 287 g/mol. The zero-order valence-corrected chi connectivity index (χ0v) is 12.6. The van der Waals surface area contributed by atoms with Gasteiger partial charge in [-0.3, -0.25) is 0 Å². The van der Waals surface area contributed by atoms with Crippen molar-refractivity contribution in [1.29, 1.82) is 0 Å². The SMILES string of the molecule is CCOC(CC)c1noc(-c2cccc3c2CCCN3)n1. The summed E-state index contributed by atoms with van der Waals surface area (Å²) in [6.45, 7) is 5.70. The number of aromatic nitrogens is 2. The Bertz CT molecular complexity index is 609. The number of anilines is 1. The van der Waals surface area contributed by atoms with Crippen LogP contribution in [0.25, 0.3) is 11.5 Å². The maximum atomic E-state index is 5.64. The van der Waals surface area contributed by atoms with Gasteiger partial charge in [-0.15, -0.1) is 0 Å². The van der Waals surface area contributed by atoms with Crippen molar-refractivity contribution in [3.05, 3.63) is 29.6 Å². The summed E-state index contributed by atoms with van der Waals surface area (Å²) in [7, 11) is 0. The Morgan fingerprint density at radius 1 is 1.38 bits per heavy atom. The van der Waals surface area contributed by atoms with Gasteiger partial charge in [-0.25, -0.2) is 0 Å². The maximum absolute atomic E-state index is 5.64. The molecule has 0 bridgehead atoms. The van der Waals surface area contributed by atoms with Crippen LogP contribution in [-0.4, -0.2) is 23.3 Å². The van der Waals surface area contributed by atoms with E-state index >= 15 is 0 Å². The molecule has 0 saturated carbocycles. The minimum absolute atomic E-state index is 0.0924. The van der Waals surface area contributed by atoms with E-state index in [9.17, 15) is 0 Å². The second-order valence-corrected chi connectivity index (χ2v) is 5.17. The van der Waals surface area contributed by atoms with Crippen LogP contribution in [0, 0.1) is 0 Å². The highest BCUT2D eigenvalue weighted by Crippen LogP contribution is 2.32. The minimum Gasteiger partial charge on any atom is -0.385 e. The van der Waals surface area contributed by atoms with Gasteiger partial charge in [0.2, 0.25) is 5.82 Å². The van der Waals surface area contributed by atoms with Crippen molar-refractivity contribution in [2.75, 3.05) is 18.5 Å². The van der Waals surface area contributed by atoms with E-state index in [1.54, 1.807) is 0 Å². The third-order valence-electron chi connectivity index (χ3n) is 3.79. The fraction of sp³-hybridized carbons (Fsp3) is 0.500. The second kappa shape index (κ2) is 6.26. The van der Waals surface area contributed by atoms with Crippen LogP contribution in [0.5, 0.6) is 0 Å². The van der Waals surface area contributed by atoms with E-state index in [0.717, 1.165) is 31.4 Å². The average Bonchev–Trinajstić information content (AvgIpc) is 3.01. The van der Waals surface area contributed by atoms with Crippen molar-refractivity contribution < 1.29 is 9.26 Å². The first kappa shape index (κ1) is 14.1. The molecule has 1 N–H and O–H groups in total. The van der Waals surface area contributed by atoms with Gasteiger partial charge in [0, 0.05) is 24.4 Å². The van der Waals surface area contributed by atoms with Crippen molar-refractivity contribution in [1.82, 2.24) is 10.1 Å². The molecule has 1 aromatic heterocycles. The van der Waals surface area contributed by atoms with E-state index in [-0.39, 0.29) is 6.10 Å². The predicted octanol–water partition coefficient (Wildman–Crippen LogP) is 3.58. The van der Waals surface area contributed by atoms with E-state index < -0.39 is 0 Å². The smallest absolute Gasteiger partial charge is 0.258 e. The van der Waals surface area contributed by atoms with E-state index in [1.165, 1.54) is 11.3 Å². The Kier molecular flexibility index (Phi) is 4.20. The van der Waals surface area contributed by atoms with Crippen molar-refractivity contribution in [2.24, 2.45) is 0 Å². The zero-order valence-electron chi connectivity index (χ0n) is 12.6. The van der Waals surface area contributed by atoms with E-state index in [0.29, 0.717) is 18.3 Å². The summed E-state index contributed by atoms with van der Waals surface area (Å²) >= 11 is 0. The maximum Gasteiger partial charge on any atom is 0.258 e. The van der Waals surface area contributed by atoms with Crippen LogP contribution in [-0.2, 0) is 11.2 Å². The summed E-state index contributed by atoms with van der Waals surface area (Å²) < 4.78 is 11.1. The molecule has 0 amide bonds. The number of nitrogens with zero attached hydrogens (tertiary/aromatic N) is 2. The topological polar surface area (TPSA) is 60.2 Å². The summed E-state index contributed by atoms with van der Waals surface area (Å²) in [5.74, 6) is 1.22. The van der Waals surface area contributed by atoms with Crippen molar-refractivity contribution in [2.45, 2.75) is 39.2 Å². The van der Waals surface area contributed by atoms with Crippen LogP contribution in [0.2, 0.25) is 0 Å². The fourth-order valence-electron chi connectivity index (χ4n) is 2.76. The minimum atomic E-state index is -0.0924. The number of rotatable bonds is 5. The molecule has 2 aromatic rings. The molecule has 2 heterocycles. The summed E-state index contributed by atoms with van der Waals surface area (Å²) in [4.78, 5) is 4.55. The third-order valence-corrected chi connectivity index (χ3v) is 3.79. The van der Waals surface area contributed by atoms with Gasteiger partial charge < -0.3 is 14.6 Å². The number of ether oxygens (including phenoxy) is 1. The molecular formula is C16H21N3O2. The predicted molar refractivity (Wildman–Crippen MR) is 81.2 cm³/mol. The van der Waals surface area contributed by atoms with Gasteiger partial charge in [-0.2, -0.15) is 4.98 Å². The first-order valence-corrected chi connectivity index (χ1v) is 7.64. The Balaban J connectivity index is 1.93. The number of hydrogen-bond donors (Lipinski definition) is 1. The lowest BCUT2D eigenvalue weighted by atomic mass is 9.97. The molecule has 3 rings (SSSR count). The molecule has 0 radical (unpaired) electrons. The highest BCUT2D eigenvalue weighted by Gasteiger charge is 2.21. The van der Waals surface area contributed by atoms with Gasteiger partial charge >= 0.3 is 0 Å². The molecule has 0 aliphatic carbocycles.